The highest BCUT2D eigenvalue weighted by Gasteiger charge is 2.08. The highest BCUT2D eigenvalue weighted by molar-refractivity contribution is 6.04. The average Bonchev–Trinajstić information content (AvgIpc) is 2.73. The molecule has 3 rings (SSSR count). The van der Waals surface area contributed by atoms with Crippen molar-refractivity contribution in [1.82, 2.24) is 9.88 Å². The molecule has 150 valence electrons. The SMILES string of the molecule is CN(C)CCCNc1cc(C(=O)Nc2ccc(Oc3ccccc3)cc2)ccn1. The fourth-order valence-electron chi connectivity index (χ4n) is 2.71. The van der Waals surface area contributed by atoms with Crippen LogP contribution < -0.4 is 15.4 Å². The molecule has 0 aliphatic heterocycles. The summed E-state index contributed by atoms with van der Waals surface area (Å²) in [5.41, 5.74) is 1.26. The van der Waals surface area contributed by atoms with E-state index in [1.54, 1.807) is 18.3 Å². The summed E-state index contributed by atoms with van der Waals surface area (Å²) < 4.78 is 5.77. The van der Waals surface area contributed by atoms with Crippen molar-refractivity contribution in [2.45, 2.75) is 6.42 Å². The van der Waals surface area contributed by atoms with Gasteiger partial charge in [0, 0.05) is 24.0 Å². The first kappa shape index (κ1) is 20.4. The van der Waals surface area contributed by atoms with Crippen LogP contribution in [0.1, 0.15) is 16.8 Å². The highest BCUT2D eigenvalue weighted by Crippen LogP contribution is 2.23. The molecule has 0 saturated carbocycles. The lowest BCUT2D eigenvalue weighted by Gasteiger charge is -2.11. The van der Waals surface area contributed by atoms with E-state index in [2.05, 4.69) is 20.5 Å². The molecule has 3 aromatic rings. The summed E-state index contributed by atoms with van der Waals surface area (Å²) in [6.45, 7) is 1.80. The van der Waals surface area contributed by atoms with Crippen molar-refractivity contribution < 1.29 is 9.53 Å². The third-order valence-corrected chi connectivity index (χ3v) is 4.20. The fourth-order valence-corrected chi connectivity index (χ4v) is 2.71. The van der Waals surface area contributed by atoms with Crippen molar-refractivity contribution in [3.63, 3.8) is 0 Å². The Bertz CT molecular complexity index is 912. The second-order valence-corrected chi connectivity index (χ2v) is 6.91. The van der Waals surface area contributed by atoms with Gasteiger partial charge in [-0.1, -0.05) is 18.2 Å². The minimum Gasteiger partial charge on any atom is -0.457 e. The van der Waals surface area contributed by atoms with Gasteiger partial charge in [0.25, 0.3) is 5.91 Å². The number of nitrogens with one attached hydrogen (secondary N) is 2. The van der Waals surface area contributed by atoms with Crippen molar-refractivity contribution in [3.05, 3.63) is 78.5 Å². The number of aromatic nitrogens is 1. The largest absolute Gasteiger partial charge is 0.457 e. The number of amides is 1. The van der Waals surface area contributed by atoms with E-state index < -0.39 is 0 Å². The predicted molar refractivity (Wildman–Crippen MR) is 117 cm³/mol. The topological polar surface area (TPSA) is 66.5 Å². The van der Waals surface area contributed by atoms with Gasteiger partial charge in [-0.2, -0.15) is 0 Å². The Labute approximate surface area is 171 Å². The van der Waals surface area contributed by atoms with Gasteiger partial charge in [0.05, 0.1) is 0 Å². The zero-order valence-corrected chi connectivity index (χ0v) is 16.8. The Morgan fingerprint density at radius 2 is 1.72 bits per heavy atom. The molecule has 2 aromatic carbocycles. The van der Waals surface area contributed by atoms with Gasteiger partial charge < -0.3 is 20.3 Å². The molecule has 0 spiro atoms. The maximum atomic E-state index is 12.6. The van der Waals surface area contributed by atoms with Crippen LogP contribution in [0.4, 0.5) is 11.5 Å². The first-order valence-electron chi connectivity index (χ1n) is 9.59. The Morgan fingerprint density at radius 3 is 2.45 bits per heavy atom. The number of para-hydroxylation sites is 1. The molecular formula is C23H26N4O2. The van der Waals surface area contributed by atoms with Crippen molar-refractivity contribution in [3.8, 4) is 11.5 Å². The second kappa shape index (κ2) is 10.2. The van der Waals surface area contributed by atoms with Gasteiger partial charge in [-0.05, 0) is 75.6 Å². The maximum absolute atomic E-state index is 12.6. The number of pyridine rings is 1. The lowest BCUT2D eigenvalue weighted by atomic mass is 10.2. The minimum absolute atomic E-state index is 0.180. The number of hydrogen-bond acceptors (Lipinski definition) is 5. The van der Waals surface area contributed by atoms with Crippen molar-refractivity contribution in [2.75, 3.05) is 37.8 Å². The summed E-state index contributed by atoms with van der Waals surface area (Å²) in [5.74, 6) is 2.00. The number of carbonyl (C=O) groups is 1. The number of benzene rings is 2. The van der Waals surface area contributed by atoms with Crippen LogP contribution in [0.15, 0.2) is 72.9 Å². The number of hydrogen-bond donors (Lipinski definition) is 2. The van der Waals surface area contributed by atoms with Crippen LogP contribution in [0.2, 0.25) is 0 Å². The monoisotopic (exact) mass is 390 g/mol. The number of nitrogens with zero attached hydrogens (tertiary/aromatic N) is 2. The lowest BCUT2D eigenvalue weighted by Crippen LogP contribution is -2.17. The van der Waals surface area contributed by atoms with Crippen LogP contribution in [-0.4, -0.2) is 43.0 Å². The molecule has 0 aliphatic rings. The van der Waals surface area contributed by atoms with E-state index in [9.17, 15) is 4.79 Å². The Kier molecular flexibility index (Phi) is 7.19. The van der Waals surface area contributed by atoms with Gasteiger partial charge >= 0.3 is 0 Å². The van der Waals surface area contributed by atoms with Crippen molar-refractivity contribution in [1.29, 1.82) is 0 Å². The predicted octanol–water partition coefficient (Wildman–Crippen LogP) is 4.49. The smallest absolute Gasteiger partial charge is 0.255 e. The zero-order chi connectivity index (χ0) is 20.5. The van der Waals surface area contributed by atoms with Gasteiger partial charge in [0.2, 0.25) is 0 Å². The molecule has 0 fully saturated rings. The van der Waals surface area contributed by atoms with E-state index in [0.717, 1.165) is 25.3 Å². The van der Waals surface area contributed by atoms with Crippen LogP contribution in [0.5, 0.6) is 11.5 Å². The summed E-state index contributed by atoms with van der Waals surface area (Å²) in [6.07, 6.45) is 2.64. The first-order valence-corrected chi connectivity index (χ1v) is 9.59. The summed E-state index contributed by atoms with van der Waals surface area (Å²) >= 11 is 0. The van der Waals surface area contributed by atoms with E-state index in [4.69, 9.17) is 4.74 Å². The van der Waals surface area contributed by atoms with Crippen molar-refractivity contribution in [2.24, 2.45) is 0 Å². The molecule has 1 amide bonds. The van der Waals surface area contributed by atoms with E-state index in [0.29, 0.717) is 22.8 Å². The molecule has 0 bridgehead atoms. The van der Waals surface area contributed by atoms with Crippen LogP contribution in [0.25, 0.3) is 0 Å². The molecule has 0 aliphatic carbocycles. The molecule has 1 heterocycles. The maximum Gasteiger partial charge on any atom is 0.255 e. The van der Waals surface area contributed by atoms with Gasteiger partial charge in [0.15, 0.2) is 0 Å². The van der Waals surface area contributed by atoms with E-state index in [1.165, 1.54) is 0 Å². The Hall–Kier alpha value is -3.38. The summed E-state index contributed by atoms with van der Waals surface area (Å²) in [6, 6.07) is 20.3. The van der Waals surface area contributed by atoms with E-state index in [-0.39, 0.29) is 5.91 Å². The molecule has 29 heavy (non-hydrogen) atoms. The first-order chi connectivity index (χ1) is 14.1. The lowest BCUT2D eigenvalue weighted by molar-refractivity contribution is 0.102. The molecule has 0 radical (unpaired) electrons. The quantitative estimate of drug-likeness (QED) is 0.527. The number of anilines is 2. The molecular weight excluding hydrogens is 364 g/mol. The van der Waals surface area contributed by atoms with Gasteiger partial charge in [-0.25, -0.2) is 4.98 Å². The Morgan fingerprint density at radius 1 is 1.00 bits per heavy atom. The number of rotatable bonds is 9. The summed E-state index contributed by atoms with van der Waals surface area (Å²) in [5, 5.41) is 6.16. The normalized spacial score (nSPS) is 10.6. The number of ether oxygens (including phenoxy) is 1. The summed E-state index contributed by atoms with van der Waals surface area (Å²) in [4.78, 5) is 19.0. The second-order valence-electron chi connectivity index (χ2n) is 6.91. The molecule has 0 unspecified atom stereocenters. The fraction of sp³-hybridized carbons (Fsp3) is 0.217. The molecule has 0 atom stereocenters. The van der Waals surface area contributed by atoms with Crippen LogP contribution >= 0.6 is 0 Å². The standard InChI is InChI=1S/C23H26N4O2/c1-27(2)16-6-14-24-22-17-18(13-15-25-22)23(28)26-19-9-11-21(12-10-19)29-20-7-4-3-5-8-20/h3-5,7-13,15,17H,6,14,16H2,1-2H3,(H,24,25)(H,26,28). The molecule has 2 N–H and O–H groups in total. The molecule has 1 aromatic heterocycles. The summed E-state index contributed by atoms with van der Waals surface area (Å²) in [7, 11) is 4.09. The molecule has 6 heteroatoms. The van der Waals surface area contributed by atoms with Crippen LogP contribution in [0, 0.1) is 0 Å². The minimum atomic E-state index is -0.180. The van der Waals surface area contributed by atoms with Gasteiger partial charge in [0.1, 0.15) is 17.3 Å². The van der Waals surface area contributed by atoms with E-state index >= 15 is 0 Å². The van der Waals surface area contributed by atoms with Gasteiger partial charge in [-0.15, -0.1) is 0 Å². The average molecular weight is 390 g/mol. The van der Waals surface area contributed by atoms with E-state index in [1.807, 2.05) is 68.7 Å². The van der Waals surface area contributed by atoms with Gasteiger partial charge in [-0.3, -0.25) is 4.79 Å². The third kappa shape index (κ3) is 6.62. The highest BCUT2D eigenvalue weighted by atomic mass is 16.5. The Balaban J connectivity index is 1.55. The van der Waals surface area contributed by atoms with Crippen LogP contribution in [0.3, 0.4) is 0 Å². The number of carbonyl (C=O) groups excluding carboxylic acids is 1. The molecule has 6 nitrogen and oxygen atoms in total. The van der Waals surface area contributed by atoms with Crippen molar-refractivity contribution >= 4 is 17.4 Å². The zero-order valence-electron chi connectivity index (χ0n) is 16.8. The van der Waals surface area contributed by atoms with Crippen LogP contribution in [-0.2, 0) is 0 Å². The molecule has 0 saturated heterocycles. The third-order valence-electron chi connectivity index (χ3n) is 4.20.